The van der Waals surface area contributed by atoms with E-state index in [0.29, 0.717) is 35.5 Å². The van der Waals surface area contributed by atoms with Crippen LogP contribution in [0.2, 0.25) is 0 Å². The van der Waals surface area contributed by atoms with Crippen molar-refractivity contribution in [3.8, 4) is 5.75 Å². The molecular weight excluding hydrogens is 366 g/mol. The number of piperidine rings is 1. The van der Waals surface area contributed by atoms with Crippen LogP contribution in [0, 0.1) is 5.92 Å². The second kappa shape index (κ2) is 8.81. The number of aryl methyl sites for hydroxylation is 1. The van der Waals surface area contributed by atoms with Crippen molar-refractivity contribution in [3.63, 3.8) is 0 Å². The van der Waals surface area contributed by atoms with Crippen molar-refractivity contribution in [2.24, 2.45) is 13.0 Å². The van der Waals surface area contributed by atoms with E-state index in [0.717, 1.165) is 25.9 Å². The molecule has 0 amide bonds. The summed E-state index contributed by atoms with van der Waals surface area (Å²) in [5, 5.41) is 7.33. The van der Waals surface area contributed by atoms with Gasteiger partial charge in [0.2, 0.25) is 10.0 Å². The number of sulfonamides is 1. The summed E-state index contributed by atoms with van der Waals surface area (Å²) in [5.41, 5.74) is 0. The zero-order chi connectivity index (χ0) is 19.3. The first kappa shape index (κ1) is 19.8. The third-order valence-corrected chi connectivity index (χ3v) is 6.80. The van der Waals surface area contributed by atoms with Crippen molar-refractivity contribution in [2.75, 3.05) is 26.2 Å². The molecule has 3 rings (SSSR count). The molecule has 1 aromatic heterocycles. The SMILES string of the molecule is CCNCC1CCN(S(=O)(=O)c2ccc(OCc3ncnn3C)cc2)CC1. The maximum absolute atomic E-state index is 12.9. The summed E-state index contributed by atoms with van der Waals surface area (Å²) < 4.78 is 34.6. The average Bonchev–Trinajstić information content (AvgIpc) is 3.10. The van der Waals surface area contributed by atoms with Crippen LogP contribution in [0.1, 0.15) is 25.6 Å². The molecule has 0 aliphatic carbocycles. The zero-order valence-electron chi connectivity index (χ0n) is 15.8. The highest BCUT2D eigenvalue weighted by atomic mass is 32.2. The summed E-state index contributed by atoms with van der Waals surface area (Å²) in [5.74, 6) is 1.85. The molecular formula is C18H27N5O3S. The molecule has 0 radical (unpaired) electrons. The Hall–Kier alpha value is -1.97. The molecule has 0 unspecified atom stereocenters. The van der Waals surface area contributed by atoms with Crippen LogP contribution in [0.3, 0.4) is 0 Å². The van der Waals surface area contributed by atoms with Crippen molar-refractivity contribution < 1.29 is 13.2 Å². The highest BCUT2D eigenvalue weighted by molar-refractivity contribution is 7.89. The minimum Gasteiger partial charge on any atom is -0.486 e. The van der Waals surface area contributed by atoms with Gasteiger partial charge in [0, 0.05) is 20.1 Å². The lowest BCUT2D eigenvalue weighted by Crippen LogP contribution is -2.40. The predicted molar refractivity (Wildman–Crippen MR) is 102 cm³/mol. The Morgan fingerprint density at radius 2 is 1.93 bits per heavy atom. The van der Waals surface area contributed by atoms with Crippen molar-refractivity contribution in [1.82, 2.24) is 24.4 Å². The Balaban J connectivity index is 1.58. The average molecular weight is 394 g/mol. The van der Waals surface area contributed by atoms with Crippen molar-refractivity contribution in [1.29, 1.82) is 0 Å². The van der Waals surface area contributed by atoms with Crippen LogP contribution in [0.25, 0.3) is 0 Å². The molecule has 1 N–H and O–H groups in total. The lowest BCUT2D eigenvalue weighted by Gasteiger charge is -2.31. The molecule has 1 aromatic carbocycles. The molecule has 148 valence electrons. The fraction of sp³-hybridized carbons (Fsp3) is 0.556. The maximum atomic E-state index is 12.9. The first-order valence-corrected chi connectivity index (χ1v) is 10.7. The molecule has 1 saturated heterocycles. The molecule has 27 heavy (non-hydrogen) atoms. The number of benzene rings is 1. The first-order valence-electron chi connectivity index (χ1n) is 9.27. The van der Waals surface area contributed by atoms with Crippen LogP contribution in [-0.2, 0) is 23.7 Å². The van der Waals surface area contributed by atoms with Crippen LogP contribution in [0.4, 0.5) is 0 Å². The van der Waals surface area contributed by atoms with Gasteiger partial charge in [0.15, 0.2) is 5.82 Å². The Labute approximate surface area is 160 Å². The van der Waals surface area contributed by atoms with E-state index in [9.17, 15) is 8.42 Å². The van der Waals surface area contributed by atoms with Gasteiger partial charge in [-0.25, -0.2) is 13.4 Å². The van der Waals surface area contributed by atoms with Crippen molar-refractivity contribution in [2.45, 2.75) is 31.3 Å². The van der Waals surface area contributed by atoms with E-state index in [1.165, 1.54) is 6.33 Å². The number of nitrogens with one attached hydrogen (secondary N) is 1. The highest BCUT2D eigenvalue weighted by Crippen LogP contribution is 2.25. The summed E-state index contributed by atoms with van der Waals surface area (Å²) in [7, 11) is -1.66. The molecule has 2 heterocycles. The van der Waals surface area contributed by atoms with Crippen molar-refractivity contribution >= 4 is 10.0 Å². The van der Waals surface area contributed by atoms with Crippen LogP contribution in [-0.4, -0.2) is 53.7 Å². The van der Waals surface area contributed by atoms with Gasteiger partial charge in [0.1, 0.15) is 18.7 Å². The second-order valence-electron chi connectivity index (χ2n) is 6.72. The van der Waals surface area contributed by atoms with Gasteiger partial charge in [-0.05, 0) is 56.1 Å². The standard InChI is InChI=1S/C18H27N5O3S/c1-3-19-12-15-8-10-23(11-9-15)27(24,25)17-6-4-16(5-7-17)26-13-18-20-14-21-22(18)2/h4-7,14-15,19H,3,8-13H2,1-2H3. The molecule has 0 spiro atoms. The number of rotatable bonds is 8. The van der Waals surface area contributed by atoms with Gasteiger partial charge in [-0.2, -0.15) is 9.40 Å². The first-order chi connectivity index (χ1) is 13.0. The Morgan fingerprint density at radius 3 is 2.52 bits per heavy atom. The van der Waals surface area contributed by atoms with E-state index in [1.54, 1.807) is 40.3 Å². The number of hydrogen-bond acceptors (Lipinski definition) is 6. The van der Waals surface area contributed by atoms with Gasteiger partial charge in [-0.15, -0.1) is 0 Å². The summed E-state index contributed by atoms with van der Waals surface area (Å²) in [4.78, 5) is 4.40. The summed E-state index contributed by atoms with van der Waals surface area (Å²) in [6.45, 7) is 5.42. The number of ether oxygens (including phenoxy) is 1. The minimum absolute atomic E-state index is 0.280. The molecule has 0 bridgehead atoms. The van der Waals surface area contributed by atoms with Crippen molar-refractivity contribution in [3.05, 3.63) is 36.4 Å². The Bertz CT molecular complexity index is 827. The van der Waals surface area contributed by atoms with Gasteiger partial charge in [-0.3, -0.25) is 4.68 Å². The van der Waals surface area contributed by atoms with Crippen LogP contribution in [0.15, 0.2) is 35.5 Å². The molecule has 9 heteroatoms. The lowest BCUT2D eigenvalue weighted by atomic mass is 9.98. The predicted octanol–water partition coefficient (Wildman–Crippen LogP) is 1.40. The Morgan fingerprint density at radius 1 is 1.22 bits per heavy atom. The van der Waals surface area contributed by atoms with E-state index in [1.807, 2.05) is 0 Å². The number of nitrogens with zero attached hydrogens (tertiary/aromatic N) is 4. The van der Waals surface area contributed by atoms with Gasteiger partial charge < -0.3 is 10.1 Å². The normalized spacial score (nSPS) is 16.5. The fourth-order valence-electron chi connectivity index (χ4n) is 3.16. The second-order valence-corrected chi connectivity index (χ2v) is 8.65. The third-order valence-electron chi connectivity index (χ3n) is 4.89. The van der Waals surface area contributed by atoms with Crippen LogP contribution < -0.4 is 10.1 Å². The molecule has 2 aromatic rings. The van der Waals surface area contributed by atoms with Gasteiger partial charge in [0.25, 0.3) is 0 Å². The molecule has 0 saturated carbocycles. The quantitative estimate of drug-likeness (QED) is 0.729. The van der Waals surface area contributed by atoms with E-state index < -0.39 is 10.0 Å². The van der Waals surface area contributed by atoms with Gasteiger partial charge in [0.05, 0.1) is 4.90 Å². The minimum atomic E-state index is -3.46. The van der Waals surface area contributed by atoms with Gasteiger partial charge in [-0.1, -0.05) is 6.92 Å². The molecule has 0 atom stereocenters. The molecule has 8 nitrogen and oxygen atoms in total. The maximum Gasteiger partial charge on any atom is 0.243 e. The smallest absolute Gasteiger partial charge is 0.243 e. The summed E-state index contributed by atoms with van der Waals surface area (Å²) >= 11 is 0. The fourth-order valence-corrected chi connectivity index (χ4v) is 4.63. The lowest BCUT2D eigenvalue weighted by molar-refractivity contribution is 0.268. The topological polar surface area (TPSA) is 89.3 Å². The molecule has 1 aliphatic rings. The van der Waals surface area contributed by atoms with E-state index >= 15 is 0 Å². The van der Waals surface area contributed by atoms with Crippen LogP contribution in [0.5, 0.6) is 5.75 Å². The third kappa shape index (κ3) is 4.85. The summed E-state index contributed by atoms with van der Waals surface area (Å²) in [6, 6.07) is 6.57. The number of hydrogen-bond donors (Lipinski definition) is 1. The molecule has 1 aliphatic heterocycles. The van der Waals surface area contributed by atoms with E-state index in [2.05, 4.69) is 22.3 Å². The monoisotopic (exact) mass is 393 g/mol. The van der Waals surface area contributed by atoms with E-state index in [-0.39, 0.29) is 6.61 Å². The summed E-state index contributed by atoms with van der Waals surface area (Å²) in [6.07, 6.45) is 3.26. The van der Waals surface area contributed by atoms with E-state index in [4.69, 9.17) is 4.74 Å². The zero-order valence-corrected chi connectivity index (χ0v) is 16.7. The number of aromatic nitrogens is 3. The highest BCUT2D eigenvalue weighted by Gasteiger charge is 2.29. The van der Waals surface area contributed by atoms with Gasteiger partial charge >= 0.3 is 0 Å². The van der Waals surface area contributed by atoms with Crippen LogP contribution >= 0.6 is 0 Å². The largest absolute Gasteiger partial charge is 0.486 e. The Kier molecular flexibility index (Phi) is 6.46. The molecule has 1 fully saturated rings.